The highest BCUT2D eigenvalue weighted by Gasteiger charge is 2.30. The van der Waals surface area contributed by atoms with Crippen LogP contribution in [0.15, 0.2) is 0 Å². The molecule has 1 heterocycles. The molecule has 0 radical (unpaired) electrons. The minimum atomic E-state index is -0.122. The van der Waals surface area contributed by atoms with Gasteiger partial charge in [0.2, 0.25) is 0 Å². The first-order chi connectivity index (χ1) is 5.91. The van der Waals surface area contributed by atoms with Crippen LogP contribution in [0.25, 0.3) is 0 Å². The summed E-state index contributed by atoms with van der Waals surface area (Å²) in [6.07, 6.45) is 0.163. The van der Waals surface area contributed by atoms with Crippen LogP contribution in [0, 0.1) is 11.3 Å². The van der Waals surface area contributed by atoms with Crippen LogP contribution in [0.1, 0.15) is 27.7 Å². The molecule has 1 fully saturated rings. The van der Waals surface area contributed by atoms with E-state index in [0.29, 0.717) is 6.61 Å². The molecule has 0 aromatic rings. The summed E-state index contributed by atoms with van der Waals surface area (Å²) in [5, 5.41) is 0. The van der Waals surface area contributed by atoms with Gasteiger partial charge in [0.05, 0.1) is 12.5 Å². The maximum atomic E-state index is 11.4. The third kappa shape index (κ3) is 3.35. The van der Waals surface area contributed by atoms with Crippen molar-refractivity contribution >= 4 is 5.97 Å². The van der Waals surface area contributed by atoms with Crippen LogP contribution in [0.5, 0.6) is 0 Å². The average molecular weight is 186 g/mol. The van der Waals surface area contributed by atoms with Gasteiger partial charge in [-0.2, -0.15) is 0 Å². The lowest BCUT2D eigenvalue weighted by Crippen LogP contribution is -2.28. The van der Waals surface area contributed by atoms with Gasteiger partial charge in [0.25, 0.3) is 0 Å². The van der Waals surface area contributed by atoms with Gasteiger partial charge >= 0.3 is 5.97 Å². The van der Waals surface area contributed by atoms with Gasteiger partial charge in [-0.05, 0) is 5.41 Å². The summed E-state index contributed by atoms with van der Waals surface area (Å²) in [7, 11) is 0. The fraction of sp³-hybridized carbons (Fsp3) is 0.900. The van der Waals surface area contributed by atoms with Crippen molar-refractivity contribution in [3.63, 3.8) is 0 Å². The lowest BCUT2D eigenvalue weighted by molar-refractivity contribution is -0.152. The van der Waals surface area contributed by atoms with Crippen LogP contribution >= 0.6 is 0 Å². The summed E-state index contributed by atoms with van der Waals surface area (Å²) in [6.45, 7) is 9.15. The molecule has 2 atom stereocenters. The highest BCUT2D eigenvalue weighted by atomic mass is 16.6. The van der Waals surface area contributed by atoms with Crippen molar-refractivity contribution in [3.05, 3.63) is 0 Å². The van der Waals surface area contributed by atoms with Crippen LogP contribution in [-0.4, -0.2) is 25.3 Å². The van der Waals surface area contributed by atoms with Gasteiger partial charge in [0, 0.05) is 0 Å². The molecule has 0 aromatic heterocycles. The number of hydrogen-bond acceptors (Lipinski definition) is 3. The standard InChI is InChI=1S/C10H18O3/c1-7(10(2,3)4)9(11)13-6-8-5-12-8/h7-8H,5-6H2,1-4H3. The van der Waals surface area contributed by atoms with Crippen molar-refractivity contribution in [2.75, 3.05) is 13.2 Å². The molecular weight excluding hydrogens is 168 g/mol. The van der Waals surface area contributed by atoms with Crippen molar-refractivity contribution in [2.45, 2.75) is 33.8 Å². The topological polar surface area (TPSA) is 38.8 Å². The number of hydrogen-bond donors (Lipinski definition) is 0. The number of carbonyl (C=O) groups excluding carboxylic acids is 1. The van der Waals surface area contributed by atoms with E-state index in [1.54, 1.807) is 0 Å². The van der Waals surface area contributed by atoms with Crippen molar-refractivity contribution in [2.24, 2.45) is 11.3 Å². The molecule has 0 amide bonds. The third-order valence-electron chi connectivity index (χ3n) is 2.47. The van der Waals surface area contributed by atoms with E-state index >= 15 is 0 Å². The summed E-state index contributed by atoms with van der Waals surface area (Å²) in [4.78, 5) is 11.4. The Bertz CT molecular complexity index is 189. The Morgan fingerprint density at radius 3 is 2.54 bits per heavy atom. The molecule has 0 aliphatic carbocycles. The van der Waals surface area contributed by atoms with Gasteiger partial charge in [-0.15, -0.1) is 0 Å². The molecule has 1 aliphatic heterocycles. The van der Waals surface area contributed by atoms with Crippen molar-refractivity contribution in [1.82, 2.24) is 0 Å². The minimum Gasteiger partial charge on any atom is -0.463 e. The molecule has 0 spiro atoms. The summed E-state index contributed by atoms with van der Waals surface area (Å²) < 4.78 is 10.0. The maximum absolute atomic E-state index is 11.4. The molecule has 13 heavy (non-hydrogen) atoms. The Morgan fingerprint density at radius 2 is 2.15 bits per heavy atom. The molecule has 1 saturated heterocycles. The molecule has 1 aliphatic rings. The summed E-state index contributed by atoms with van der Waals surface area (Å²) in [5.74, 6) is -0.186. The van der Waals surface area contributed by atoms with E-state index in [0.717, 1.165) is 6.61 Å². The second-order valence-corrected chi connectivity index (χ2v) is 4.67. The second-order valence-electron chi connectivity index (χ2n) is 4.67. The first-order valence-electron chi connectivity index (χ1n) is 4.69. The zero-order chi connectivity index (χ0) is 10.1. The number of epoxide rings is 1. The summed E-state index contributed by atoms with van der Waals surface area (Å²) in [5.41, 5.74) is -0.0263. The third-order valence-corrected chi connectivity index (χ3v) is 2.47. The van der Waals surface area contributed by atoms with Crippen molar-refractivity contribution in [3.8, 4) is 0 Å². The van der Waals surface area contributed by atoms with Gasteiger partial charge in [0.15, 0.2) is 0 Å². The van der Waals surface area contributed by atoms with E-state index in [4.69, 9.17) is 9.47 Å². The van der Waals surface area contributed by atoms with E-state index in [1.807, 2.05) is 27.7 Å². The van der Waals surface area contributed by atoms with Crippen LogP contribution in [0.3, 0.4) is 0 Å². The first kappa shape index (κ1) is 10.5. The Hall–Kier alpha value is -0.570. The summed E-state index contributed by atoms with van der Waals surface area (Å²) >= 11 is 0. The molecule has 0 N–H and O–H groups in total. The summed E-state index contributed by atoms with van der Waals surface area (Å²) in [6, 6.07) is 0. The van der Waals surface area contributed by atoms with Crippen LogP contribution in [-0.2, 0) is 14.3 Å². The van der Waals surface area contributed by atoms with Crippen LogP contribution < -0.4 is 0 Å². The lowest BCUT2D eigenvalue weighted by atomic mass is 9.82. The predicted octanol–water partition coefficient (Wildman–Crippen LogP) is 1.61. The predicted molar refractivity (Wildman–Crippen MR) is 49.3 cm³/mol. The molecule has 0 aromatic carbocycles. The SMILES string of the molecule is CC(C(=O)OCC1CO1)C(C)(C)C. The van der Waals surface area contributed by atoms with E-state index in [2.05, 4.69) is 0 Å². The molecule has 3 heteroatoms. The van der Waals surface area contributed by atoms with Gasteiger partial charge in [-0.1, -0.05) is 27.7 Å². The van der Waals surface area contributed by atoms with E-state index < -0.39 is 0 Å². The van der Waals surface area contributed by atoms with Gasteiger partial charge in [-0.25, -0.2) is 0 Å². The van der Waals surface area contributed by atoms with Crippen molar-refractivity contribution < 1.29 is 14.3 Å². The number of carbonyl (C=O) groups is 1. The molecule has 2 unspecified atom stereocenters. The highest BCUT2D eigenvalue weighted by Crippen LogP contribution is 2.26. The normalized spacial score (nSPS) is 23.8. The minimum absolute atomic E-state index is 0.0263. The molecule has 0 saturated carbocycles. The van der Waals surface area contributed by atoms with E-state index in [1.165, 1.54) is 0 Å². The lowest BCUT2D eigenvalue weighted by Gasteiger charge is -2.25. The van der Waals surface area contributed by atoms with Crippen LogP contribution in [0.4, 0.5) is 0 Å². The van der Waals surface area contributed by atoms with E-state index in [-0.39, 0.29) is 23.4 Å². The zero-order valence-electron chi connectivity index (χ0n) is 8.79. The van der Waals surface area contributed by atoms with Gasteiger partial charge < -0.3 is 9.47 Å². The smallest absolute Gasteiger partial charge is 0.309 e. The number of ether oxygens (including phenoxy) is 2. The Balaban J connectivity index is 2.28. The molecular formula is C10H18O3. The number of esters is 1. The maximum Gasteiger partial charge on any atom is 0.309 e. The highest BCUT2D eigenvalue weighted by molar-refractivity contribution is 5.72. The Kier molecular flexibility index (Phi) is 2.96. The number of rotatable bonds is 3. The molecule has 1 rings (SSSR count). The van der Waals surface area contributed by atoms with Crippen molar-refractivity contribution in [1.29, 1.82) is 0 Å². The zero-order valence-corrected chi connectivity index (χ0v) is 8.79. The largest absolute Gasteiger partial charge is 0.463 e. The first-order valence-corrected chi connectivity index (χ1v) is 4.69. The van der Waals surface area contributed by atoms with Crippen LogP contribution in [0.2, 0.25) is 0 Å². The van der Waals surface area contributed by atoms with Gasteiger partial charge in [-0.3, -0.25) is 4.79 Å². The fourth-order valence-electron chi connectivity index (χ4n) is 0.818. The average Bonchev–Trinajstić information content (AvgIpc) is 2.80. The Labute approximate surface area is 79.4 Å². The Morgan fingerprint density at radius 1 is 1.62 bits per heavy atom. The second kappa shape index (κ2) is 3.66. The van der Waals surface area contributed by atoms with Gasteiger partial charge in [0.1, 0.15) is 12.7 Å². The van der Waals surface area contributed by atoms with E-state index in [9.17, 15) is 4.79 Å². The monoisotopic (exact) mass is 186 g/mol. The fourth-order valence-corrected chi connectivity index (χ4v) is 0.818. The molecule has 76 valence electrons. The quantitative estimate of drug-likeness (QED) is 0.496. The molecule has 3 nitrogen and oxygen atoms in total. The molecule has 0 bridgehead atoms.